The van der Waals surface area contributed by atoms with Crippen molar-refractivity contribution in [3.63, 3.8) is 0 Å². The van der Waals surface area contributed by atoms with E-state index >= 15 is 0 Å². The van der Waals surface area contributed by atoms with Crippen molar-refractivity contribution < 1.29 is 38.1 Å². The van der Waals surface area contributed by atoms with E-state index in [9.17, 15) is 19.2 Å². The van der Waals surface area contributed by atoms with Crippen LogP contribution >= 0.6 is 0 Å². The van der Waals surface area contributed by atoms with Crippen molar-refractivity contribution in [2.75, 3.05) is 38.1 Å². The number of anilines is 2. The smallest absolute Gasteiger partial charge is 0.308 e. The lowest BCUT2D eigenvalue weighted by atomic mass is 10.1. The van der Waals surface area contributed by atoms with Gasteiger partial charge in [-0.1, -0.05) is 0 Å². The largest absolute Gasteiger partial charge is 0.493 e. The number of carbonyl (C=O) groups excluding carboxylic acids is 4. The highest BCUT2D eigenvalue weighted by Crippen LogP contribution is 2.19. The summed E-state index contributed by atoms with van der Waals surface area (Å²) >= 11 is 0. The van der Waals surface area contributed by atoms with Gasteiger partial charge in [-0.05, 0) is 72.8 Å². The molecule has 2 amide bonds. The Balaban J connectivity index is 1.48. The van der Waals surface area contributed by atoms with Gasteiger partial charge in [0.05, 0.1) is 40.3 Å². The molecule has 0 saturated carbocycles. The molecule has 0 bridgehead atoms. The Kier molecular flexibility index (Phi) is 10.2. The fourth-order valence-corrected chi connectivity index (χ4v) is 3.16. The predicted octanol–water partition coefficient (Wildman–Crippen LogP) is 4.08. The molecule has 3 rings (SSSR count). The molecule has 198 valence electrons. The highest BCUT2D eigenvalue weighted by Gasteiger charge is 2.11. The van der Waals surface area contributed by atoms with Crippen LogP contribution in [-0.2, 0) is 19.1 Å². The maximum absolute atomic E-state index is 12.6. The monoisotopic (exact) mass is 520 g/mol. The lowest BCUT2D eigenvalue weighted by molar-refractivity contribution is -0.142. The summed E-state index contributed by atoms with van der Waals surface area (Å²) in [6.07, 6.45) is 0.286. The van der Waals surface area contributed by atoms with Gasteiger partial charge >= 0.3 is 11.9 Å². The molecule has 0 saturated heterocycles. The van der Waals surface area contributed by atoms with E-state index < -0.39 is 0 Å². The van der Waals surface area contributed by atoms with Crippen molar-refractivity contribution in [1.29, 1.82) is 0 Å². The third kappa shape index (κ3) is 8.66. The summed E-state index contributed by atoms with van der Waals surface area (Å²) in [6.45, 7) is 0.382. The van der Waals surface area contributed by atoms with E-state index in [0.717, 1.165) is 0 Å². The number of amides is 2. The minimum atomic E-state index is -0.355. The molecular weight excluding hydrogens is 492 g/mol. The van der Waals surface area contributed by atoms with Crippen LogP contribution in [0.2, 0.25) is 0 Å². The van der Waals surface area contributed by atoms with Gasteiger partial charge in [-0.15, -0.1) is 0 Å². The molecule has 2 N–H and O–H groups in total. The van der Waals surface area contributed by atoms with E-state index in [1.807, 2.05) is 0 Å². The second-order valence-corrected chi connectivity index (χ2v) is 7.88. The summed E-state index contributed by atoms with van der Waals surface area (Å²) in [5.41, 5.74) is 1.89. The zero-order chi connectivity index (χ0) is 27.3. The molecule has 3 aromatic rings. The quantitative estimate of drug-likeness (QED) is 0.342. The summed E-state index contributed by atoms with van der Waals surface area (Å²) in [5, 5.41) is 5.56. The molecule has 0 aromatic heterocycles. The molecule has 0 heterocycles. The van der Waals surface area contributed by atoms with Crippen LogP contribution in [0.5, 0.6) is 11.5 Å². The molecule has 3 aromatic carbocycles. The molecule has 10 heteroatoms. The Morgan fingerprint density at radius 3 is 1.21 bits per heavy atom. The van der Waals surface area contributed by atoms with Crippen LogP contribution in [0, 0.1) is 0 Å². The summed E-state index contributed by atoms with van der Waals surface area (Å²) in [6, 6.07) is 19.7. The van der Waals surface area contributed by atoms with Gasteiger partial charge in [-0.3, -0.25) is 19.2 Å². The van der Waals surface area contributed by atoms with Gasteiger partial charge in [0.15, 0.2) is 0 Å². The van der Waals surface area contributed by atoms with E-state index in [1.54, 1.807) is 72.8 Å². The Bertz CT molecular complexity index is 1140. The molecule has 10 nitrogen and oxygen atoms in total. The normalized spacial score (nSPS) is 10.2. The zero-order valence-electron chi connectivity index (χ0n) is 21.0. The highest BCUT2D eigenvalue weighted by atomic mass is 16.5. The van der Waals surface area contributed by atoms with Crippen LogP contribution in [0.25, 0.3) is 0 Å². The van der Waals surface area contributed by atoms with Crippen LogP contribution in [0.1, 0.15) is 33.6 Å². The van der Waals surface area contributed by atoms with Crippen molar-refractivity contribution in [2.24, 2.45) is 0 Å². The van der Waals surface area contributed by atoms with Gasteiger partial charge in [0.1, 0.15) is 11.5 Å². The average molecular weight is 521 g/mol. The first kappa shape index (κ1) is 27.7. The SMILES string of the molecule is COC(=O)CCOc1ccc(NC(=O)c2ccc(C(=O)Nc3ccc(OCCC(=O)OC)cc3)cc2)cc1. The van der Waals surface area contributed by atoms with Crippen molar-refractivity contribution in [3.8, 4) is 11.5 Å². The number of rotatable bonds is 12. The van der Waals surface area contributed by atoms with Crippen LogP contribution in [0.15, 0.2) is 72.8 Å². The highest BCUT2D eigenvalue weighted by molar-refractivity contribution is 6.07. The summed E-state index contributed by atoms with van der Waals surface area (Å²) < 4.78 is 20.0. The topological polar surface area (TPSA) is 129 Å². The van der Waals surface area contributed by atoms with Gasteiger partial charge < -0.3 is 29.6 Å². The van der Waals surface area contributed by atoms with Crippen molar-refractivity contribution in [3.05, 3.63) is 83.9 Å². The van der Waals surface area contributed by atoms with Crippen LogP contribution in [-0.4, -0.2) is 51.2 Å². The Labute approximate surface area is 219 Å². The first-order valence-electron chi connectivity index (χ1n) is 11.7. The first-order valence-corrected chi connectivity index (χ1v) is 11.7. The molecule has 0 radical (unpaired) electrons. The molecule has 0 spiro atoms. The van der Waals surface area contributed by atoms with E-state index in [4.69, 9.17) is 9.47 Å². The summed E-state index contributed by atoms with van der Waals surface area (Å²) in [5.74, 6) is -0.262. The lowest BCUT2D eigenvalue weighted by Gasteiger charge is -2.09. The minimum Gasteiger partial charge on any atom is -0.493 e. The second kappa shape index (κ2) is 14.0. The van der Waals surface area contributed by atoms with E-state index in [1.165, 1.54) is 14.2 Å². The van der Waals surface area contributed by atoms with Gasteiger partial charge in [-0.2, -0.15) is 0 Å². The molecule has 38 heavy (non-hydrogen) atoms. The Morgan fingerprint density at radius 1 is 0.553 bits per heavy atom. The standard InChI is InChI=1S/C28H28N2O8/c1-35-25(31)15-17-37-23-11-7-21(8-12-23)29-27(33)19-3-5-20(6-4-19)28(34)30-22-9-13-24(14-10-22)38-18-16-26(32)36-2/h3-14H,15-18H2,1-2H3,(H,29,33)(H,30,34). The molecule has 0 aliphatic heterocycles. The zero-order valence-corrected chi connectivity index (χ0v) is 21.0. The molecular formula is C28H28N2O8. The molecule has 0 fully saturated rings. The Hall–Kier alpha value is -4.86. The number of carbonyl (C=O) groups is 4. The van der Waals surface area contributed by atoms with Crippen LogP contribution in [0.4, 0.5) is 11.4 Å². The maximum atomic E-state index is 12.6. The average Bonchev–Trinajstić information content (AvgIpc) is 2.94. The van der Waals surface area contributed by atoms with Crippen LogP contribution in [0.3, 0.4) is 0 Å². The number of ether oxygens (including phenoxy) is 4. The molecule has 0 unspecified atom stereocenters. The number of hydrogen-bond donors (Lipinski definition) is 2. The van der Waals surface area contributed by atoms with Crippen molar-refractivity contribution >= 4 is 35.1 Å². The minimum absolute atomic E-state index is 0.143. The third-order valence-electron chi connectivity index (χ3n) is 5.24. The third-order valence-corrected chi connectivity index (χ3v) is 5.24. The summed E-state index contributed by atoms with van der Waals surface area (Å²) in [7, 11) is 2.63. The van der Waals surface area contributed by atoms with Crippen LogP contribution < -0.4 is 20.1 Å². The summed E-state index contributed by atoms with van der Waals surface area (Å²) in [4.78, 5) is 47.4. The van der Waals surface area contributed by atoms with Gasteiger partial charge in [0.2, 0.25) is 0 Å². The van der Waals surface area contributed by atoms with Gasteiger partial charge in [0.25, 0.3) is 11.8 Å². The van der Waals surface area contributed by atoms with Gasteiger partial charge in [0, 0.05) is 22.5 Å². The fraction of sp³-hybridized carbons (Fsp3) is 0.214. The fourth-order valence-electron chi connectivity index (χ4n) is 3.16. The second-order valence-electron chi connectivity index (χ2n) is 7.88. The van der Waals surface area contributed by atoms with E-state index in [2.05, 4.69) is 20.1 Å². The number of hydrogen-bond acceptors (Lipinski definition) is 8. The number of esters is 2. The molecule has 0 aliphatic carbocycles. The Morgan fingerprint density at radius 2 is 0.895 bits per heavy atom. The molecule has 0 aliphatic rings. The first-order chi connectivity index (χ1) is 18.4. The number of benzene rings is 3. The maximum Gasteiger partial charge on any atom is 0.308 e. The predicted molar refractivity (Wildman–Crippen MR) is 139 cm³/mol. The molecule has 0 atom stereocenters. The number of methoxy groups -OCH3 is 2. The number of nitrogens with one attached hydrogen (secondary N) is 2. The van der Waals surface area contributed by atoms with E-state index in [0.29, 0.717) is 34.0 Å². The van der Waals surface area contributed by atoms with Crippen molar-refractivity contribution in [1.82, 2.24) is 0 Å². The lowest BCUT2D eigenvalue weighted by Crippen LogP contribution is -2.14. The van der Waals surface area contributed by atoms with Crippen molar-refractivity contribution in [2.45, 2.75) is 12.8 Å². The van der Waals surface area contributed by atoms with E-state index in [-0.39, 0.29) is 49.8 Å². The van der Waals surface area contributed by atoms with Gasteiger partial charge in [-0.25, -0.2) is 0 Å².